The molecule has 0 saturated carbocycles. The molecule has 0 nitrogen and oxygen atoms in total. The monoisotopic (exact) mass is 234 g/mol. The molecule has 0 heteroatoms. The van der Waals surface area contributed by atoms with E-state index in [1.54, 1.807) is 0 Å². The first-order valence-electron chi connectivity index (χ1n) is 6.18. The van der Waals surface area contributed by atoms with Gasteiger partial charge < -0.3 is 0 Å². The van der Waals surface area contributed by atoms with E-state index in [2.05, 4.69) is 62.1 Å². The van der Waals surface area contributed by atoms with E-state index in [-0.39, 0.29) is 5.41 Å². The number of benzene rings is 2. The maximum atomic E-state index is 3.97. The highest BCUT2D eigenvalue weighted by Crippen LogP contribution is 2.27. The van der Waals surface area contributed by atoms with Crippen LogP contribution in [-0.2, 0) is 5.41 Å². The third-order valence-electron chi connectivity index (χ3n) is 3.24. The van der Waals surface area contributed by atoms with Crippen molar-refractivity contribution in [2.24, 2.45) is 0 Å². The molecule has 0 aliphatic carbocycles. The molecule has 0 bridgehead atoms. The van der Waals surface area contributed by atoms with Crippen molar-refractivity contribution >= 4 is 6.08 Å². The van der Waals surface area contributed by atoms with Gasteiger partial charge in [-0.05, 0) is 18.1 Å². The van der Waals surface area contributed by atoms with E-state index < -0.39 is 0 Å². The lowest BCUT2D eigenvalue weighted by molar-refractivity contribution is 0.764. The van der Waals surface area contributed by atoms with Gasteiger partial charge >= 0.3 is 0 Å². The van der Waals surface area contributed by atoms with Crippen LogP contribution in [0.4, 0.5) is 0 Å². The van der Waals surface area contributed by atoms with Crippen molar-refractivity contribution < 1.29 is 0 Å². The average Bonchev–Trinajstić information content (AvgIpc) is 2.47. The predicted molar refractivity (Wildman–Crippen MR) is 79.5 cm³/mol. The Bertz CT molecular complexity index is 522. The summed E-state index contributed by atoms with van der Waals surface area (Å²) >= 11 is 0. The van der Waals surface area contributed by atoms with Crippen molar-refractivity contribution in [3.63, 3.8) is 0 Å². The van der Waals surface area contributed by atoms with E-state index in [0.717, 1.165) is 0 Å². The zero-order chi connectivity index (χ0) is 12.8. The van der Waals surface area contributed by atoms with Gasteiger partial charge in [-0.25, -0.2) is 0 Å². The Morgan fingerprint density at radius 1 is 0.889 bits per heavy atom. The van der Waals surface area contributed by atoms with E-state index in [9.17, 15) is 0 Å². The van der Waals surface area contributed by atoms with E-state index in [1.807, 2.05) is 30.3 Å². The molecule has 0 aromatic heterocycles. The molecule has 0 radical (unpaired) electrons. The highest BCUT2D eigenvalue weighted by atomic mass is 14.2. The summed E-state index contributed by atoms with van der Waals surface area (Å²) in [6.07, 6.45) is 6.33. The maximum absolute atomic E-state index is 3.97. The predicted octanol–water partition coefficient (Wildman–Crippen LogP) is 4.84. The topological polar surface area (TPSA) is 0 Å². The lowest BCUT2D eigenvalue weighted by atomic mass is 9.82. The van der Waals surface area contributed by atoms with Gasteiger partial charge in [-0.3, -0.25) is 0 Å². The second kappa shape index (κ2) is 5.50. The van der Waals surface area contributed by atoms with Crippen LogP contribution in [0.2, 0.25) is 0 Å². The molecule has 0 N–H and O–H groups in total. The number of hydrogen-bond donors (Lipinski definition) is 0. The maximum Gasteiger partial charge on any atom is 0.0284 e. The molecule has 0 aliphatic rings. The lowest BCUT2D eigenvalue weighted by Gasteiger charge is -2.22. The Hall–Kier alpha value is -2.08. The zero-order valence-corrected chi connectivity index (χ0v) is 10.7. The molecule has 0 amide bonds. The normalized spacial score (nSPS) is 14.3. The summed E-state index contributed by atoms with van der Waals surface area (Å²) in [7, 11) is 0. The minimum atomic E-state index is -0.128. The van der Waals surface area contributed by atoms with Crippen molar-refractivity contribution in [2.75, 3.05) is 0 Å². The van der Waals surface area contributed by atoms with Crippen LogP contribution in [0.15, 0.2) is 79.4 Å². The van der Waals surface area contributed by atoms with E-state index in [0.29, 0.717) is 0 Å². The molecule has 0 saturated heterocycles. The number of rotatable bonds is 4. The lowest BCUT2D eigenvalue weighted by Crippen LogP contribution is -2.14. The fraction of sp³-hybridized carbons (Fsp3) is 0.111. The molecule has 2 rings (SSSR count). The molecular weight excluding hydrogens is 216 g/mol. The standard InChI is InChI=1S/C18H18/c1-3-18(2,17-12-8-5-9-13-17)15-14-16-10-6-4-7-11-16/h3-15H,1H2,2H3/b15-14+/t18-/m1/s1. The van der Waals surface area contributed by atoms with Gasteiger partial charge in [0.05, 0.1) is 0 Å². The highest BCUT2D eigenvalue weighted by Gasteiger charge is 2.18. The molecule has 2 aromatic carbocycles. The van der Waals surface area contributed by atoms with Crippen LogP contribution < -0.4 is 0 Å². The van der Waals surface area contributed by atoms with Gasteiger partial charge in [0.25, 0.3) is 0 Å². The van der Waals surface area contributed by atoms with Crippen LogP contribution in [-0.4, -0.2) is 0 Å². The molecule has 0 spiro atoms. The molecule has 1 atom stereocenters. The molecular formula is C18H18. The molecule has 2 aromatic rings. The Balaban J connectivity index is 2.29. The van der Waals surface area contributed by atoms with Gasteiger partial charge in [0.2, 0.25) is 0 Å². The van der Waals surface area contributed by atoms with Gasteiger partial charge in [-0.15, -0.1) is 6.58 Å². The second-order valence-corrected chi connectivity index (χ2v) is 4.60. The second-order valence-electron chi connectivity index (χ2n) is 4.60. The summed E-state index contributed by atoms with van der Waals surface area (Å²) in [5.74, 6) is 0. The Labute approximate surface area is 109 Å². The van der Waals surface area contributed by atoms with Crippen LogP contribution in [0.3, 0.4) is 0 Å². The van der Waals surface area contributed by atoms with Crippen LogP contribution in [0, 0.1) is 0 Å². The largest absolute Gasteiger partial charge is 0.102 e. The average molecular weight is 234 g/mol. The summed E-state index contributed by atoms with van der Waals surface area (Å²) in [5, 5.41) is 0. The first kappa shape index (κ1) is 12.4. The SMILES string of the molecule is C=C[C@](C)(/C=C/c1ccccc1)c1ccccc1. The molecule has 0 unspecified atom stereocenters. The third kappa shape index (κ3) is 2.78. The molecule has 0 aliphatic heterocycles. The quantitative estimate of drug-likeness (QED) is 0.664. The van der Waals surface area contributed by atoms with Crippen LogP contribution in [0.5, 0.6) is 0 Å². The Kier molecular flexibility index (Phi) is 3.78. The van der Waals surface area contributed by atoms with Crippen molar-refractivity contribution in [1.82, 2.24) is 0 Å². The number of hydrogen-bond acceptors (Lipinski definition) is 0. The van der Waals surface area contributed by atoms with Gasteiger partial charge in [-0.2, -0.15) is 0 Å². The minimum Gasteiger partial charge on any atom is -0.102 e. The smallest absolute Gasteiger partial charge is 0.0284 e. The van der Waals surface area contributed by atoms with Crippen LogP contribution in [0.25, 0.3) is 6.08 Å². The van der Waals surface area contributed by atoms with E-state index in [4.69, 9.17) is 0 Å². The van der Waals surface area contributed by atoms with E-state index >= 15 is 0 Å². The van der Waals surface area contributed by atoms with Gasteiger partial charge in [0.15, 0.2) is 0 Å². The summed E-state index contributed by atoms with van der Waals surface area (Å²) in [6.45, 7) is 6.15. The Morgan fingerprint density at radius 3 is 2.00 bits per heavy atom. The number of allylic oxidation sites excluding steroid dienone is 2. The summed E-state index contributed by atoms with van der Waals surface area (Å²) in [4.78, 5) is 0. The van der Waals surface area contributed by atoms with Gasteiger partial charge in [0, 0.05) is 5.41 Å². The fourth-order valence-corrected chi connectivity index (χ4v) is 1.91. The van der Waals surface area contributed by atoms with Crippen molar-refractivity contribution in [1.29, 1.82) is 0 Å². The minimum absolute atomic E-state index is 0.128. The fourth-order valence-electron chi connectivity index (χ4n) is 1.91. The first-order valence-corrected chi connectivity index (χ1v) is 6.18. The van der Waals surface area contributed by atoms with Gasteiger partial charge in [0.1, 0.15) is 0 Å². The molecule has 90 valence electrons. The van der Waals surface area contributed by atoms with Crippen molar-refractivity contribution in [3.8, 4) is 0 Å². The van der Waals surface area contributed by atoms with Crippen molar-refractivity contribution in [3.05, 3.63) is 90.5 Å². The van der Waals surface area contributed by atoms with Gasteiger partial charge in [-0.1, -0.05) is 78.9 Å². The molecule has 18 heavy (non-hydrogen) atoms. The summed E-state index contributed by atoms with van der Waals surface area (Å²) in [6, 6.07) is 20.8. The van der Waals surface area contributed by atoms with Crippen LogP contribution in [0.1, 0.15) is 18.1 Å². The molecule has 0 heterocycles. The summed E-state index contributed by atoms with van der Waals surface area (Å²) in [5.41, 5.74) is 2.34. The van der Waals surface area contributed by atoms with Crippen molar-refractivity contribution in [2.45, 2.75) is 12.3 Å². The first-order chi connectivity index (χ1) is 8.74. The third-order valence-corrected chi connectivity index (χ3v) is 3.24. The zero-order valence-electron chi connectivity index (χ0n) is 10.7. The van der Waals surface area contributed by atoms with Crippen LogP contribution >= 0.6 is 0 Å². The van der Waals surface area contributed by atoms with E-state index in [1.165, 1.54) is 11.1 Å². The Morgan fingerprint density at radius 2 is 1.44 bits per heavy atom. The highest BCUT2D eigenvalue weighted by molar-refractivity contribution is 5.53. The summed E-state index contributed by atoms with van der Waals surface area (Å²) < 4.78 is 0. The molecule has 0 fully saturated rings.